The number of para-hydroxylation sites is 1. The minimum Gasteiger partial charge on any atom is -0.351 e. The van der Waals surface area contributed by atoms with E-state index in [2.05, 4.69) is 15.0 Å². The highest BCUT2D eigenvalue weighted by molar-refractivity contribution is 7.93. The van der Waals surface area contributed by atoms with Gasteiger partial charge in [-0.2, -0.15) is 0 Å². The third kappa shape index (κ3) is 2.76. The molecule has 0 unspecified atom stereocenters. The van der Waals surface area contributed by atoms with Crippen LogP contribution in [0.25, 0.3) is 21.6 Å². The van der Waals surface area contributed by atoms with Gasteiger partial charge in [-0.25, -0.2) is 18.4 Å². The fourth-order valence-electron chi connectivity index (χ4n) is 2.71. The highest BCUT2D eigenvalue weighted by Gasteiger charge is 2.26. The highest BCUT2D eigenvalue weighted by atomic mass is 35.5. The maximum Gasteiger partial charge on any atom is 0.267 e. The molecule has 0 aliphatic rings. The molecule has 0 atom stereocenters. The molecule has 4 rings (SSSR count). The normalized spacial score (nSPS) is 11.8. The summed E-state index contributed by atoms with van der Waals surface area (Å²) in [6.45, 7) is 0. The first-order valence-corrected chi connectivity index (χ1v) is 10.3. The molecule has 6 nitrogen and oxygen atoms in total. The minimum absolute atomic E-state index is 0.0344. The number of halogens is 1. The molecule has 4 aromatic rings. The zero-order chi connectivity index (χ0) is 18.3. The van der Waals surface area contributed by atoms with Gasteiger partial charge >= 0.3 is 0 Å². The molecule has 26 heavy (non-hydrogen) atoms. The van der Waals surface area contributed by atoms with Crippen LogP contribution in [0.5, 0.6) is 0 Å². The molecule has 0 saturated carbocycles. The molecule has 0 saturated heterocycles. The first-order chi connectivity index (χ1) is 12.5. The topological polar surface area (TPSA) is 79.0 Å². The number of fused-ring (bicyclic) bond motifs is 1. The van der Waals surface area contributed by atoms with Crippen molar-refractivity contribution < 1.29 is 8.42 Å². The van der Waals surface area contributed by atoms with Crippen LogP contribution in [-0.2, 0) is 10.0 Å². The number of H-pyrrole nitrogens is 1. The van der Waals surface area contributed by atoms with Crippen LogP contribution in [0.4, 0.5) is 5.69 Å². The van der Waals surface area contributed by atoms with Crippen molar-refractivity contribution in [3.05, 3.63) is 59.3 Å². The van der Waals surface area contributed by atoms with E-state index in [1.54, 1.807) is 18.3 Å². The summed E-state index contributed by atoms with van der Waals surface area (Å²) < 4.78 is 27.2. The molecule has 9 heteroatoms. The quantitative estimate of drug-likeness (QED) is 0.518. The number of aromatic amines is 1. The van der Waals surface area contributed by atoms with E-state index in [0.717, 1.165) is 16.1 Å². The Kier molecular flexibility index (Phi) is 4.18. The van der Waals surface area contributed by atoms with Gasteiger partial charge in [0.05, 0.1) is 16.9 Å². The SMILES string of the molecule is CN(c1cccc2cc(-c3nccs3)[nH]c12)S(=O)(=O)c1cccnc1Cl. The van der Waals surface area contributed by atoms with Gasteiger partial charge in [0.15, 0.2) is 0 Å². The first kappa shape index (κ1) is 17.0. The Labute approximate surface area is 159 Å². The van der Waals surface area contributed by atoms with Crippen LogP contribution in [0.3, 0.4) is 0 Å². The van der Waals surface area contributed by atoms with E-state index in [4.69, 9.17) is 11.6 Å². The number of hydrogen-bond acceptors (Lipinski definition) is 5. The fourth-order valence-corrected chi connectivity index (χ4v) is 4.96. The van der Waals surface area contributed by atoms with Crippen LogP contribution < -0.4 is 4.31 Å². The number of nitrogens with zero attached hydrogens (tertiary/aromatic N) is 3. The Hall–Kier alpha value is -2.42. The summed E-state index contributed by atoms with van der Waals surface area (Å²) in [5, 5.41) is 3.57. The molecule has 0 bridgehead atoms. The Balaban J connectivity index is 1.85. The van der Waals surface area contributed by atoms with Crippen molar-refractivity contribution in [2.24, 2.45) is 0 Å². The van der Waals surface area contributed by atoms with Gasteiger partial charge in [-0.3, -0.25) is 4.31 Å². The molecule has 3 heterocycles. The lowest BCUT2D eigenvalue weighted by Gasteiger charge is -2.20. The van der Waals surface area contributed by atoms with Gasteiger partial charge < -0.3 is 4.98 Å². The van der Waals surface area contributed by atoms with Crippen LogP contribution in [0, 0.1) is 0 Å². The molecule has 0 radical (unpaired) electrons. The fraction of sp³-hybridized carbons (Fsp3) is 0.0588. The van der Waals surface area contributed by atoms with Crippen LogP contribution in [-0.4, -0.2) is 30.4 Å². The molecule has 0 spiro atoms. The number of aromatic nitrogens is 3. The average Bonchev–Trinajstić information content (AvgIpc) is 3.30. The van der Waals surface area contributed by atoms with Gasteiger partial charge in [0, 0.05) is 30.2 Å². The van der Waals surface area contributed by atoms with Gasteiger partial charge in [-0.15, -0.1) is 11.3 Å². The minimum atomic E-state index is -3.85. The second-order valence-corrected chi connectivity index (χ2v) is 8.72. The second kappa shape index (κ2) is 6.39. The van der Waals surface area contributed by atoms with E-state index in [0.29, 0.717) is 11.2 Å². The average molecular weight is 405 g/mol. The van der Waals surface area contributed by atoms with Gasteiger partial charge in [0.1, 0.15) is 15.1 Å². The van der Waals surface area contributed by atoms with E-state index >= 15 is 0 Å². The van der Waals surface area contributed by atoms with Crippen molar-refractivity contribution >= 4 is 49.6 Å². The van der Waals surface area contributed by atoms with Crippen LogP contribution in [0.15, 0.2) is 59.1 Å². The predicted octanol–water partition coefficient (Wildman–Crippen LogP) is 4.16. The smallest absolute Gasteiger partial charge is 0.267 e. The molecule has 3 aromatic heterocycles. The van der Waals surface area contributed by atoms with Crippen LogP contribution in [0.1, 0.15) is 0 Å². The monoisotopic (exact) mass is 404 g/mol. The number of anilines is 1. The van der Waals surface area contributed by atoms with Crippen molar-refractivity contribution in [1.82, 2.24) is 15.0 Å². The summed E-state index contributed by atoms with van der Waals surface area (Å²) in [5.74, 6) is 0. The number of sulfonamides is 1. The lowest BCUT2D eigenvalue weighted by atomic mass is 10.2. The van der Waals surface area contributed by atoms with E-state index in [9.17, 15) is 8.42 Å². The molecular formula is C17H13ClN4O2S2. The predicted molar refractivity (Wildman–Crippen MR) is 104 cm³/mol. The highest BCUT2D eigenvalue weighted by Crippen LogP contribution is 2.34. The van der Waals surface area contributed by atoms with Gasteiger partial charge in [0.25, 0.3) is 10.0 Å². The lowest BCUT2D eigenvalue weighted by molar-refractivity contribution is 0.594. The lowest BCUT2D eigenvalue weighted by Crippen LogP contribution is -2.27. The Morgan fingerprint density at radius 1 is 1.15 bits per heavy atom. The summed E-state index contributed by atoms with van der Waals surface area (Å²) in [4.78, 5) is 11.4. The molecule has 1 aromatic carbocycles. The molecular weight excluding hydrogens is 392 g/mol. The number of thiazole rings is 1. The third-order valence-electron chi connectivity index (χ3n) is 4.00. The standard InChI is InChI=1S/C17H13ClN4O2S2/c1-22(26(23,24)14-6-3-7-19-16(14)18)13-5-2-4-11-10-12(21-15(11)13)17-20-8-9-25-17/h2-10,21H,1H3. The Bertz CT molecular complexity index is 1190. The number of nitrogens with one attached hydrogen (secondary N) is 1. The number of hydrogen-bond donors (Lipinski definition) is 1. The summed E-state index contributed by atoms with van der Waals surface area (Å²) >= 11 is 7.51. The largest absolute Gasteiger partial charge is 0.351 e. The summed E-state index contributed by atoms with van der Waals surface area (Å²) in [5.41, 5.74) is 2.07. The van der Waals surface area contributed by atoms with E-state index < -0.39 is 10.0 Å². The molecule has 0 fully saturated rings. The molecule has 0 aliphatic carbocycles. The molecule has 0 amide bonds. The molecule has 132 valence electrons. The number of benzene rings is 1. The Morgan fingerprint density at radius 3 is 2.73 bits per heavy atom. The first-order valence-electron chi connectivity index (χ1n) is 7.59. The molecule has 1 N–H and O–H groups in total. The van der Waals surface area contributed by atoms with E-state index in [1.807, 2.05) is 23.6 Å². The van der Waals surface area contributed by atoms with E-state index in [1.165, 1.54) is 35.0 Å². The number of pyridine rings is 1. The van der Waals surface area contributed by atoms with Crippen molar-refractivity contribution in [1.29, 1.82) is 0 Å². The van der Waals surface area contributed by atoms with Gasteiger partial charge in [0.2, 0.25) is 0 Å². The van der Waals surface area contributed by atoms with Crippen molar-refractivity contribution in [3.63, 3.8) is 0 Å². The van der Waals surface area contributed by atoms with Crippen molar-refractivity contribution in [2.75, 3.05) is 11.4 Å². The second-order valence-electron chi connectivity index (χ2n) is 5.53. The van der Waals surface area contributed by atoms with Gasteiger partial charge in [-0.1, -0.05) is 23.7 Å². The summed E-state index contributed by atoms with van der Waals surface area (Å²) in [6, 6.07) is 10.4. The van der Waals surface area contributed by atoms with Crippen LogP contribution in [0.2, 0.25) is 5.15 Å². The maximum atomic E-state index is 13.0. The maximum absolute atomic E-state index is 13.0. The van der Waals surface area contributed by atoms with Gasteiger partial charge in [-0.05, 0) is 24.3 Å². The third-order valence-corrected chi connectivity index (χ3v) is 7.02. The van der Waals surface area contributed by atoms with Crippen molar-refractivity contribution in [2.45, 2.75) is 4.90 Å². The number of rotatable bonds is 4. The zero-order valence-electron chi connectivity index (χ0n) is 13.5. The zero-order valence-corrected chi connectivity index (χ0v) is 15.9. The Morgan fingerprint density at radius 2 is 2.00 bits per heavy atom. The summed E-state index contributed by atoms with van der Waals surface area (Å²) in [6.07, 6.45) is 3.18. The molecule has 0 aliphatic heterocycles. The van der Waals surface area contributed by atoms with E-state index in [-0.39, 0.29) is 10.0 Å². The van der Waals surface area contributed by atoms with Crippen LogP contribution >= 0.6 is 22.9 Å². The van der Waals surface area contributed by atoms with Crippen molar-refractivity contribution in [3.8, 4) is 10.7 Å². The summed E-state index contributed by atoms with van der Waals surface area (Å²) in [7, 11) is -2.36.